The molecule has 1 aromatic heterocycles. The molecule has 0 unspecified atom stereocenters. The van der Waals surface area contributed by atoms with E-state index >= 15 is 0 Å². The Morgan fingerprint density at radius 3 is 2.84 bits per heavy atom. The highest BCUT2D eigenvalue weighted by Crippen LogP contribution is 2.29. The zero-order chi connectivity index (χ0) is 13.7. The van der Waals surface area contributed by atoms with Gasteiger partial charge in [0, 0.05) is 11.8 Å². The minimum atomic E-state index is 0.512. The summed E-state index contributed by atoms with van der Waals surface area (Å²) in [6, 6.07) is 7.63. The largest absolute Gasteiger partial charge is 0.494 e. The monoisotopic (exact) mass is 323 g/mol. The van der Waals surface area contributed by atoms with E-state index in [0.29, 0.717) is 22.7 Å². The number of nitrogens with two attached hydrogens (primary N) is 1. The Morgan fingerprint density at radius 1 is 1.32 bits per heavy atom. The number of nitrogens with zero attached hydrogens (tertiary/aromatic N) is 2. The quantitative estimate of drug-likeness (QED) is 0.579. The van der Waals surface area contributed by atoms with Crippen LogP contribution in [0.4, 0.5) is 17.3 Å². The lowest BCUT2D eigenvalue weighted by atomic mass is 10.3. The summed E-state index contributed by atoms with van der Waals surface area (Å²) in [5.41, 5.74) is 3.36. The average Bonchev–Trinajstić information content (AvgIpc) is 2.42. The fourth-order valence-corrected chi connectivity index (χ4v) is 1.94. The van der Waals surface area contributed by atoms with Crippen LogP contribution in [0, 0.1) is 0 Å². The standard InChI is InChI=1S/C12H14BrN5O/c1-2-19-9-5-3-4-8(6-9)17-11-10(13)12(18-14)16-7-15-11/h3-7H,2,14H2,1H3,(H2,15,16,17,18). The normalized spacial score (nSPS) is 10.1. The number of hydrogen-bond donors (Lipinski definition) is 3. The van der Waals surface area contributed by atoms with Gasteiger partial charge < -0.3 is 15.5 Å². The molecule has 0 radical (unpaired) electrons. The van der Waals surface area contributed by atoms with Gasteiger partial charge >= 0.3 is 0 Å². The average molecular weight is 324 g/mol. The SMILES string of the molecule is CCOc1cccc(Nc2ncnc(NN)c2Br)c1. The molecule has 4 N–H and O–H groups in total. The van der Waals surface area contributed by atoms with Gasteiger partial charge in [-0.2, -0.15) is 0 Å². The molecular weight excluding hydrogens is 310 g/mol. The van der Waals surface area contributed by atoms with Crippen molar-refractivity contribution >= 4 is 33.3 Å². The van der Waals surface area contributed by atoms with Gasteiger partial charge in [0.2, 0.25) is 0 Å². The molecular formula is C12H14BrN5O. The van der Waals surface area contributed by atoms with Crippen LogP contribution in [0.25, 0.3) is 0 Å². The zero-order valence-electron chi connectivity index (χ0n) is 10.4. The molecule has 0 spiro atoms. The summed E-state index contributed by atoms with van der Waals surface area (Å²) in [6.45, 7) is 2.57. The van der Waals surface area contributed by atoms with Gasteiger partial charge in [-0.1, -0.05) is 6.07 Å². The van der Waals surface area contributed by atoms with Crippen molar-refractivity contribution in [3.63, 3.8) is 0 Å². The first kappa shape index (κ1) is 13.6. The Morgan fingerprint density at radius 2 is 2.11 bits per heavy atom. The van der Waals surface area contributed by atoms with Gasteiger partial charge in [-0.05, 0) is 35.0 Å². The number of nitrogens with one attached hydrogen (secondary N) is 2. The van der Waals surface area contributed by atoms with Crippen LogP contribution in [-0.2, 0) is 0 Å². The molecule has 19 heavy (non-hydrogen) atoms. The lowest BCUT2D eigenvalue weighted by Gasteiger charge is -2.11. The number of rotatable bonds is 5. The highest BCUT2D eigenvalue weighted by Gasteiger charge is 2.08. The molecule has 0 aliphatic rings. The molecule has 6 nitrogen and oxygen atoms in total. The van der Waals surface area contributed by atoms with Crippen LogP contribution in [0.5, 0.6) is 5.75 Å². The van der Waals surface area contributed by atoms with Crippen molar-refractivity contribution in [1.82, 2.24) is 9.97 Å². The van der Waals surface area contributed by atoms with Crippen molar-refractivity contribution in [2.75, 3.05) is 17.3 Å². The van der Waals surface area contributed by atoms with Crippen LogP contribution in [-0.4, -0.2) is 16.6 Å². The van der Waals surface area contributed by atoms with Gasteiger partial charge in [0.1, 0.15) is 22.4 Å². The summed E-state index contributed by atoms with van der Waals surface area (Å²) >= 11 is 3.39. The number of benzene rings is 1. The number of nitrogen functional groups attached to an aromatic ring is 1. The molecule has 0 atom stereocenters. The van der Waals surface area contributed by atoms with Crippen molar-refractivity contribution in [2.24, 2.45) is 5.84 Å². The summed E-state index contributed by atoms with van der Waals surface area (Å²) in [6.07, 6.45) is 1.43. The van der Waals surface area contributed by atoms with Crippen molar-refractivity contribution < 1.29 is 4.74 Å². The first-order valence-electron chi connectivity index (χ1n) is 5.71. The Kier molecular flexibility index (Phi) is 4.53. The Balaban J connectivity index is 2.23. The second-order valence-corrected chi connectivity index (χ2v) is 4.41. The Hall–Kier alpha value is -1.86. The second kappa shape index (κ2) is 6.35. The molecule has 0 saturated carbocycles. The van der Waals surface area contributed by atoms with E-state index in [0.717, 1.165) is 11.4 Å². The van der Waals surface area contributed by atoms with Crippen molar-refractivity contribution in [2.45, 2.75) is 6.92 Å². The number of hydrogen-bond acceptors (Lipinski definition) is 6. The third-order valence-corrected chi connectivity index (χ3v) is 3.09. The third kappa shape index (κ3) is 3.33. The fraction of sp³-hybridized carbons (Fsp3) is 0.167. The Labute approximate surface area is 119 Å². The van der Waals surface area contributed by atoms with Crippen LogP contribution >= 0.6 is 15.9 Å². The van der Waals surface area contributed by atoms with Gasteiger partial charge in [0.05, 0.1) is 6.61 Å². The highest BCUT2D eigenvalue weighted by atomic mass is 79.9. The molecule has 100 valence electrons. The lowest BCUT2D eigenvalue weighted by Crippen LogP contribution is -2.10. The molecule has 2 rings (SSSR count). The van der Waals surface area contributed by atoms with Crippen molar-refractivity contribution in [3.05, 3.63) is 35.1 Å². The van der Waals surface area contributed by atoms with Gasteiger partial charge in [-0.25, -0.2) is 15.8 Å². The molecule has 0 saturated heterocycles. The predicted molar refractivity (Wildman–Crippen MR) is 78.4 cm³/mol. The third-order valence-electron chi connectivity index (χ3n) is 2.33. The Bertz CT molecular complexity index is 564. The summed E-state index contributed by atoms with van der Waals surface area (Å²) in [4.78, 5) is 8.14. The van der Waals surface area contributed by atoms with Gasteiger partial charge in [-0.3, -0.25) is 0 Å². The molecule has 0 fully saturated rings. The van der Waals surface area contributed by atoms with Crippen LogP contribution in [0.15, 0.2) is 35.1 Å². The number of hydrazine groups is 1. The second-order valence-electron chi connectivity index (χ2n) is 3.62. The summed E-state index contributed by atoms with van der Waals surface area (Å²) in [7, 11) is 0. The molecule has 0 aliphatic heterocycles. The summed E-state index contributed by atoms with van der Waals surface area (Å²) < 4.78 is 6.11. The number of anilines is 3. The molecule has 0 bridgehead atoms. The van der Waals surface area contributed by atoms with E-state index in [1.54, 1.807) is 0 Å². The van der Waals surface area contributed by atoms with Gasteiger partial charge in [-0.15, -0.1) is 0 Å². The van der Waals surface area contributed by atoms with Gasteiger partial charge in [0.15, 0.2) is 5.82 Å². The fourth-order valence-electron chi connectivity index (χ4n) is 1.52. The number of aromatic nitrogens is 2. The maximum Gasteiger partial charge on any atom is 0.159 e. The molecule has 0 aliphatic carbocycles. The summed E-state index contributed by atoms with van der Waals surface area (Å²) in [5, 5.41) is 3.17. The first-order valence-corrected chi connectivity index (χ1v) is 6.51. The van der Waals surface area contributed by atoms with Crippen molar-refractivity contribution in [1.29, 1.82) is 0 Å². The maximum absolute atomic E-state index is 5.44. The molecule has 7 heteroatoms. The molecule has 1 aromatic carbocycles. The van der Waals surface area contributed by atoms with E-state index < -0.39 is 0 Å². The topological polar surface area (TPSA) is 85.1 Å². The first-order chi connectivity index (χ1) is 9.24. The highest BCUT2D eigenvalue weighted by molar-refractivity contribution is 9.10. The summed E-state index contributed by atoms with van der Waals surface area (Å²) in [5.74, 6) is 7.29. The molecule has 1 heterocycles. The van der Waals surface area contributed by atoms with Crippen molar-refractivity contribution in [3.8, 4) is 5.75 Å². The van der Waals surface area contributed by atoms with E-state index in [4.69, 9.17) is 10.6 Å². The molecule has 2 aromatic rings. The number of ether oxygens (including phenoxy) is 1. The van der Waals surface area contributed by atoms with E-state index in [9.17, 15) is 0 Å². The zero-order valence-corrected chi connectivity index (χ0v) is 11.9. The predicted octanol–water partition coefficient (Wildman–Crippen LogP) is 2.67. The number of halogens is 1. The smallest absolute Gasteiger partial charge is 0.159 e. The van der Waals surface area contributed by atoms with Crippen LogP contribution in [0.3, 0.4) is 0 Å². The van der Waals surface area contributed by atoms with Crippen LogP contribution in [0.2, 0.25) is 0 Å². The molecule has 0 amide bonds. The van der Waals surface area contributed by atoms with Gasteiger partial charge in [0.25, 0.3) is 0 Å². The maximum atomic E-state index is 5.44. The van der Waals surface area contributed by atoms with E-state index in [1.807, 2.05) is 31.2 Å². The van der Waals surface area contributed by atoms with E-state index in [2.05, 4.69) is 36.6 Å². The van der Waals surface area contributed by atoms with E-state index in [1.165, 1.54) is 6.33 Å². The van der Waals surface area contributed by atoms with Crippen LogP contribution < -0.4 is 21.3 Å². The minimum Gasteiger partial charge on any atom is -0.494 e. The van der Waals surface area contributed by atoms with Crippen LogP contribution in [0.1, 0.15) is 6.92 Å². The minimum absolute atomic E-state index is 0.512. The lowest BCUT2D eigenvalue weighted by molar-refractivity contribution is 0.340. The van der Waals surface area contributed by atoms with E-state index in [-0.39, 0.29) is 0 Å².